The van der Waals surface area contributed by atoms with E-state index in [0.29, 0.717) is 43.2 Å². The number of aryl methyl sites for hydroxylation is 2. The Morgan fingerprint density at radius 2 is 1.72 bits per heavy atom. The average molecular weight is 412 g/mol. The van der Waals surface area contributed by atoms with Gasteiger partial charge in [-0.2, -0.15) is 4.31 Å². The molecule has 0 aliphatic carbocycles. The van der Waals surface area contributed by atoms with E-state index in [2.05, 4.69) is 4.98 Å². The summed E-state index contributed by atoms with van der Waals surface area (Å²) >= 11 is 0. The lowest BCUT2D eigenvalue weighted by Crippen LogP contribution is -2.49. The van der Waals surface area contributed by atoms with E-state index in [9.17, 15) is 13.2 Å². The highest BCUT2D eigenvalue weighted by molar-refractivity contribution is 7.89. The quantitative estimate of drug-likeness (QED) is 0.655. The highest BCUT2D eigenvalue weighted by Crippen LogP contribution is 2.22. The molecule has 1 aromatic heterocycles. The van der Waals surface area contributed by atoms with Crippen LogP contribution in [0.25, 0.3) is 10.9 Å². The zero-order valence-corrected chi connectivity index (χ0v) is 17.5. The molecule has 7 heteroatoms. The Kier molecular flexibility index (Phi) is 5.29. The molecule has 0 saturated carbocycles. The fourth-order valence-corrected chi connectivity index (χ4v) is 5.25. The zero-order valence-electron chi connectivity index (χ0n) is 16.7. The van der Waals surface area contributed by atoms with Crippen LogP contribution in [0.3, 0.4) is 0 Å². The first-order chi connectivity index (χ1) is 13.9. The van der Waals surface area contributed by atoms with Crippen LogP contribution in [0.2, 0.25) is 0 Å². The number of aromatic nitrogens is 1. The first-order valence-corrected chi connectivity index (χ1v) is 11.2. The molecule has 3 aromatic rings. The second-order valence-corrected chi connectivity index (χ2v) is 9.54. The number of fused-ring (bicyclic) bond motifs is 1. The third kappa shape index (κ3) is 3.85. The third-order valence-electron chi connectivity index (χ3n) is 5.70. The van der Waals surface area contributed by atoms with Crippen LogP contribution in [-0.4, -0.2) is 61.1 Å². The second kappa shape index (κ2) is 7.74. The minimum absolute atomic E-state index is 0.0490. The van der Waals surface area contributed by atoms with Gasteiger partial charge in [0.15, 0.2) is 5.78 Å². The number of hydrogen-bond donors (Lipinski definition) is 1. The zero-order chi connectivity index (χ0) is 20.6. The van der Waals surface area contributed by atoms with Crippen LogP contribution in [0.15, 0.2) is 53.6 Å². The number of piperazine rings is 1. The molecule has 4 rings (SSSR count). The summed E-state index contributed by atoms with van der Waals surface area (Å²) in [7, 11) is -3.51. The lowest BCUT2D eigenvalue weighted by atomic mass is 10.1. The van der Waals surface area contributed by atoms with E-state index in [1.54, 1.807) is 18.3 Å². The largest absolute Gasteiger partial charge is 0.360 e. The number of H-pyrrole nitrogens is 1. The molecule has 152 valence electrons. The number of carbonyl (C=O) groups excluding carboxylic acids is 1. The number of nitrogens with one attached hydrogen (secondary N) is 1. The van der Waals surface area contributed by atoms with Crippen LogP contribution in [0.4, 0.5) is 0 Å². The molecule has 0 spiro atoms. The maximum Gasteiger partial charge on any atom is 0.243 e. The van der Waals surface area contributed by atoms with Crippen molar-refractivity contribution >= 4 is 26.7 Å². The van der Waals surface area contributed by atoms with Crippen molar-refractivity contribution in [2.45, 2.75) is 18.7 Å². The summed E-state index contributed by atoms with van der Waals surface area (Å²) in [6.45, 7) is 6.03. The molecule has 0 unspecified atom stereocenters. The van der Waals surface area contributed by atoms with Gasteiger partial charge < -0.3 is 4.98 Å². The number of carbonyl (C=O) groups is 1. The van der Waals surface area contributed by atoms with E-state index in [0.717, 1.165) is 22.0 Å². The number of hydrogen-bond acceptors (Lipinski definition) is 4. The average Bonchev–Trinajstić information content (AvgIpc) is 3.15. The van der Waals surface area contributed by atoms with Crippen molar-refractivity contribution < 1.29 is 13.2 Å². The van der Waals surface area contributed by atoms with Crippen LogP contribution >= 0.6 is 0 Å². The number of ketones is 1. The van der Waals surface area contributed by atoms with Crippen LogP contribution in [0.5, 0.6) is 0 Å². The summed E-state index contributed by atoms with van der Waals surface area (Å²) in [4.78, 5) is 18.3. The summed E-state index contributed by atoms with van der Waals surface area (Å²) in [6, 6.07) is 13.0. The van der Waals surface area contributed by atoms with Crippen molar-refractivity contribution in [3.05, 3.63) is 65.4 Å². The van der Waals surface area contributed by atoms with Gasteiger partial charge in [0.1, 0.15) is 0 Å². The molecule has 2 aromatic carbocycles. The fraction of sp³-hybridized carbons (Fsp3) is 0.318. The summed E-state index contributed by atoms with van der Waals surface area (Å²) in [5.74, 6) is 0.0490. The monoisotopic (exact) mass is 411 g/mol. The number of nitrogens with zero attached hydrogens (tertiary/aromatic N) is 2. The van der Waals surface area contributed by atoms with Gasteiger partial charge in [-0.3, -0.25) is 9.69 Å². The molecule has 1 N–H and O–H groups in total. The van der Waals surface area contributed by atoms with Crippen LogP contribution in [0.1, 0.15) is 21.5 Å². The first-order valence-electron chi connectivity index (χ1n) is 9.75. The Labute approximate surface area is 171 Å². The predicted octanol–water partition coefficient (Wildman–Crippen LogP) is 2.97. The number of benzene rings is 2. The van der Waals surface area contributed by atoms with Crippen LogP contribution < -0.4 is 0 Å². The number of sulfonamides is 1. The Balaban J connectivity index is 1.41. The van der Waals surface area contributed by atoms with Crippen molar-refractivity contribution in [1.29, 1.82) is 0 Å². The number of aromatic amines is 1. The molecule has 29 heavy (non-hydrogen) atoms. The van der Waals surface area contributed by atoms with E-state index in [1.807, 2.05) is 49.1 Å². The molecule has 2 heterocycles. The molecule has 1 aliphatic rings. The molecule has 0 bridgehead atoms. The smallest absolute Gasteiger partial charge is 0.243 e. The SMILES string of the molecule is Cc1ccc(S(=O)(=O)N2CCN(CC(=O)c3c[nH]c4ccccc34)CC2)cc1C. The van der Waals surface area contributed by atoms with E-state index in [-0.39, 0.29) is 5.78 Å². The minimum atomic E-state index is -3.51. The van der Waals surface area contributed by atoms with Gasteiger partial charge in [-0.1, -0.05) is 24.3 Å². The van der Waals surface area contributed by atoms with Gasteiger partial charge in [-0.05, 0) is 43.2 Å². The van der Waals surface area contributed by atoms with Gasteiger partial charge >= 0.3 is 0 Å². The van der Waals surface area contributed by atoms with Crippen LogP contribution in [0, 0.1) is 13.8 Å². The minimum Gasteiger partial charge on any atom is -0.360 e. The standard InChI is InChI=1S/C22H25N3O3S/c1-16-7-8-18(13-17(16)2)29(27,28)25-11-9-24(10-12-25)15-22(26)20-14-23-21-6-4-3-5-19(20)21/h3-8,13-14,23H,9-12,15H2,1-2H3. The lowest BCUT2D eigenvalue weighted by molar-refractivity contribution is 0.0903. The van der Waals surface area contributed by atoms with Gasteiger partial charge in [0, 0.05) is 48.8 Å². The number of para-hydroxylation sites is 1. The van der Waals surface area contributed by atoms with E-state index < -0.39 is 10.0 Å². The molecule has 1 aliphatic heterocycles. The van der Waals surface area contributed by atoms with Crippen molar-refractivity contribution in [1.82, 2.24) is 14.2 Å². The maximum absolute atomic E-state index is 12.9. The molecule has 0 radical (unpaired) electrons. The van der Waals surface area contributed by atoms with E-state index >= 15 is 0 Å². The Bertz CT molecular complexity index is 1160. The first kappa shape index (κ1) is 19.8. The Morgan fingerprint density at radius 1 is 1.00 bits per heavy atom. The van der Waals surface area contributed by atoms with Crippen LogP contribution in [-0.2, 0) is 10.0 Å². The fourth-order valence-electron chi connectivity index (χ4n) is 3.74. The van der Waals surface area contributed by atoms with Gasteiger partial charge in [-0.15, -0.1) is 0 Å². The predicted molar refractivity (Wildman–Crippen MR) is 114 cm³/mol. The Hall–Kier alpha value is -2.48. The molecule has 0 amide bonds. The molecular formula is C22H25N3O3S. The van der Waals surface area contributed by atoms with E-state index in [1.165, 1.54) is 4.31 Å². The van der Waals surface area contributed by atoms with Crippen molar-refractivity contribution in [3.63, 3.8) is 0 Å². The molecule has 6 nitrogen and oxygen atoms in total. The second-order valence-electron chi connectivity index (χ2n) is 7.60. The molecule has 0 atom stereocenters. The molecule has 1 fully saturated rings. The normalized spacial score (nSPS) is 16.3. The summed E-state index contributed by atoms with van der Waals surface area (Å²) in [5.41, 5.74) is 3.67. The maximum atomic E-state index is 12.9. The van der Waals surface area contributed by atoms with E-state index in [4.69, 9.17) is 0 Å². The van der Waals surface area contributed by atoms with Crippen molar-refractivity contribution in [3.8, 4) is 0 Å². The third-order valence-corrected chi connectivity index (χ3v) is 7.60. The molecule has 1 saturated heterocycles. The lowest BCUT2D eigenvalue weighted by Gasteiger charge is -2.33. The van der Waals surface area contributed by atoms with Crippen molar-refractivity contribution in [2.75, 3.05) is 32.7 Å². The number of Topliss-reactive ketones (excluding diaryl/α,β-unsaturated/α-hetero) is 1. The van der Waals surface area contributed by atoms with Gasteiger partial charge in [-0.25, -0.2) is 8.42 Å². The van der Waals surface area contributed by atoms with Gasteiger partial charge in [0.05, 0.1) is 11.4 Å². The summed E-state index contributed by atoms with van der Waals surface area (Å²) < 4.78 is 27.4. The topological polar surface area (TPSA) is 73.5 Å². The molecular weight excluding hydrogens is 386 g/mol. The summed E-state index contributed by atoms with van der Waals surface area (Å²) in [6.07, 6.45) is 1.76. The highest BCUT2D eigenvalue weighted by atomic mass is 32.2. The Morgan fingerprint density at radius 3 is 2.45 bits per heavy atom. The van der Waals surface area contributed by atoms with Crippen molar-refractivity contribution in [2.24, 2.45) is 0 Å². The van der Waals surface area contributed by atoms with Gasteiger partial charge in [0.25, 0.3) is 0 Å². The summed E-state index contributed by atoms with van der Waals surface area (Å²) in [5, 5.41) is 0.924. The number of rotatable bonds is 5. The highest BCUT2D eigenvalue weighted by Gasteiger charge is 2.29. The van der Waals surface area contributed by atoms with Gasteiger partial charge in [0.2, 0.25) is 10.0 Å².